The number of aliphatic hydroxyl groups is 1. The zero-order chi connectivity index (χ0) is 17.9. The Balaban J connectivity index is 1.67. The number of H-pyrrole nitrogens is 1. The highest BCUT2D eigenvalue weighted by molar-refractivity contribution is 5.62. The topological polar surface area (TPSA) is 55.4 Å². The standard InChI is InChI=1S/C19H27FN4O/c1-23(2)14-19(25)8-3-10-24(11-9-19)13-16-12-21-22-18(16)15-4-6-17(20)7-5-15/h4-7,12,25H,3,8-11,13-14H2,1-2H3,(H,21,22). The van der Waals surface area contributed by atoms with Crippen LogP contribution in [0, 0.1) is 5.82 Å². The van der Waals surface area contributed by atoms with Crippen LogP contribution < -0.4 is 0 Å². The Hall–Kier alpha value is -1.76. The van der Waals surface area contributed by atoms with Crippen molar-refractivity contribution in [3.05, 3.63) is 41.8 Å². The second kappa shape index (κ2) is 7.64. The minimum Gasteiger partial charge on any atom is -0.389 e. The van der Waals surface area contributed by atoms with Crippen LogP contribution in [0.4, 0.5) is 4.39 Å². The zero-order valence-corrected chi connectivity index (χ0v) is 15.0. The summed E-state index contributed by atoms with van der Waals surface area (Å²) in [6.07, 6.45) is 4.43. The van der Waals surface area contributed by atoms with Gasteiger partial charge in [0, 0.05) is 30.8 Å². The first-order chi connectivity index (χ1) is 12.0. The molecule has 0 amide bonds. The van der Waals surface area contributed by atoms with Gasteiger partial charge in [0.15, 0.2) is 0 Å². The van der Waals surface area contributed by atoms with Crippen molar-refractivity contribution in [2.75, 3.05) is 33.7 Å². The monoisotopic (exact) mass is 346 g/mol. The van der Waals surface area contributed by atoms with E-state index in [0.29, 0.717) is 6.54 Å². The fourth-order valence-electron chi connectivity index (χ4n) is 3.68. The van der Waals surface area contributed by atoms with Gasteiger partial charge in [0.25, 0.3) is 0 Å². The molecular weight excluding hydrogens is 319 g/mol. The Morgan fingerprint density at radius 1 is 1.24 bits per heavy atom. The number of halogens is 1. The van der Waals surface area contributed by atoms with Crippen LogP contribution in [0.25, 0.3) is 11.3 Å². The second-order valence-electron chi connectivity index (χ2n) is 7.37. The molecule has 0 saturated carbocycles. The first-order valence-electron chi connectivity index (χ1n) is 8.83. The molecule has 25 heavy (non-hydrogen) atoms. The van der Waals surface area contributed by atoms with E-state index in [4.69, 9.17) is 0 Å². The summed E-state index contributed by atoms with van der Waals surface area (Å²) >= 11 is 0. The molecule has 2 aromatic rings. The fraction of sp³-hybridized carbons (Fsp3) is 0.526. The maximum atomic E-state index is 13.1. The number of likely N-dealkylation sites (N-methyl/N-ethyl adjacent to an activating group) is 1. The third-order valence-corrected chi connectivity index (χ3v) is 4.87. The summed E-state index contributed by atoms with van der Waals surface area (Å²) in [6.45, 7) is 3.30. The van der Waals surface area contributed by atoms with Crippen molar-refractivity contribution in [2.24, 2.45) is 0 Å². The SMILES string of the molecule is CN(C)CC1(O)CCCN(Cc2cn[nH]c2-c2ccc(F)cc2)CC1. The van der Waals surface area contributed by atoms with Crippen molar-refractivity contribution in [3.63, 3.8) is 0 Å². The Labute approximate surface area is 148 Å². The number of nitrogens with one attached hydrogen (secondary N) is 1. The highest BCUT2D eigenvalue weighted by atomic mass is 19.1. The van der Waals surface area contributed by atoms with Crippen LogP contribution in [0.5, 0.6) is 0 Å². The third-order valence-electron chi connectivity index (χ3n) is 4.87. The molecule has 136 valence electrons. The van der Waals surface area contributed by atoms with Gasteiger partial charge in [-0.25, -0.2) is 4.39 Å². The number of rotatable bonds is 5. The molecule has 1 atom stereocenters. The van der Waals surface area contributed by atoms with E-state index in [1.54, 1.807) is 12.1 Å². The number of hydrogen-bond acceptors (Lipinski definition) is 4. The summed E-state index contributed by atoms with van der Waals surface area (Å²) in [4.78, 5) is 4.42. The largest absolute Gasteiger partial charge is 0.389 e. The molecule has 2 heterocycles. The number of benzene rings is 1. The van der Waals surface area contributed by atoms with E-state index in [-0.39, 0.29) is 5.82 Å². The second-order valence-corrected chi connectivity index (χ2v) is 7.37. The van der Waals surface area contributed by atoms with Gasteiger partial charge in [-0.3, -0.25) is 10.00 Å². The normalized spacial score (nSPS) is 22.3. The highest BCUT2D eigenvalue weighted by Crippen LogP contribution is 2.26. The van der Waals surface area contributed by atoms with Gasteiger partial charge in [-0.15, -0.1) is 0 Å². The average Bonchev–Trinajstić information content (AvgIpc) is 2.93. The summed E-state index contributed by atoms with van der Waals surface area (Å²) in [5.74, 6) is -0.238. The molecule has 0 aliphatic carbocycles. The van der Waals surface area contributed by atoms with Crippen molar-refractivity contribution < 1.29 is 9.50 Å². The van der Waals surface area contributed by atoms with Gasteiger partial charge in [-0.1, -0.05) is 0 Å². The van der Waals surface area contributed by atoms with E-state index in [1.165, 1.54) is 12.1 Å². The Kier molecular flexibility index (Phi) is 5.51. The number of aromatic amines is 1. The molecule has 1 aliphatic rings. The van der Waals surface area contributed by atoms with Gasteiger partial charge >= 0.3 is 0 Å². The quantitative estimate of drug-likeness (QED) is 0.873. The maximum absolute atomic E-state index is 13.1. The van der Waals surface area contributed by atoms with Crippen molar-refractivity contribution in [2.45, 2.75) is 31.4 Å². The van der Waals surface area contributed by atoms with Crippen molar-refractivity contribution in [1.29, 1.82) is 0 Å². The highest BCUT2D eigenvalue weighted by Gasteiger charge is 2.30. The van der Waals surface area contributed by atoms with Crippen molar-refractivity contribution >= 4 is 0 Å². The molecular formula is C19H27FN4O. The average molecular weight is 346 g/mol. The van der Waals surface area contributed by atoms with Crippen LogP contribution in [-0.4, -0.2) is 64.4 Å². The van der Waals surface area contributed by atoms with E-state index < -0.39 is 5.60 Å². The lowest BCUT2D eigenvalue weighted by Gasteiger charge is -2.30. The van der Waals surface area contributed by atoms with Gasteiger partial charge in [0.2, 0.25) is 0 Å². The minimum atomic E-state index is -0.603. The zero-order valence-electron chi connectivity index (χ0n) is 15.0. The molecule has 1 aromatic heterocycles. The van der Waals surface area contributed by atoms with E-state index in [2.05, 4.69) is 20.0 Å². The fourth-order valence-corrected chi connectivity index (χ4v) is 3.68. The first-order valence-corrected chi connectivity index (χ1v) is 8.83. The summed E-state index contributed by atoms with van der Waals surface area (Å²) in [6, 6.07) is 6.47. The smallest absolute Gasteiger partial charge is 0.123 e. The summed E-state index contributed by atoms with van der Waals surface area (Å²) in [5, 5.41) is 18.0. The molecule has 1 aromatic carbocycles. The molecule has 0 bridgehead atoms. The summed E-state index contributed by atoms with van der Waals surface area (Å²) in [7, 11) is 4.00. The number of hydrogen-bond donors (Lipinski definition) is 2. The number of likely N-dealkylation sites (tertiary alicyclic amines) is 1. The van der Waals surface area contributed by atoms with Gasteiger partial charge < -0.3 is 10.0 Å². The van der Waals surface area contributed by atoms with Gasteiger partial charge in [-0.2, -0.15) is 5.10 Å². The molecule has 1 aliphatic heterocycles. The number of nitrogens with zero attached hydrogens (tertiary/aromatic N) is 3. The molecule has 0 spiro atoms. The third kappa shape index (κ3) is 4.66. The molecule has 6 heteroatoms. The van der Waals surface area contributed by atoms with Gasteiger partial charge in [0.05, 0.1) is 17.5 Å². The van der Waals surface area contributed by atoms with Crippen LogP contribution in [0.3, 0.4) is 0 Å². The van der Waals surface area contributed by atoms with Crippen molar-refractivity contribution in [1.82, 2.24) is 20.0 Å². The molecule has 1 saturated heterocycles. The minimum absolute atomic E-state index is 0.238. The molecule has 3 rings (SSSR count). The van der Waals surface area contributed by atoms with Gasteiger partial charge in [0.1, 0.15) is 5.82 Å². The lowest BCUT2D eigenvalue weighted by Crippen LogP contribution is -2.40. The van der Waals surface area contributed by atoms with E-state index in [9.17, 15) is 9.50 Å². The van der Waals surface area contributed by atoms with Crippen LogP contribution in [0.1, 0.15) is 24.8 Å². The number of aromatic nitrogens is 2. The molecule has 1 unspecified atom stereocenters. The summed E-state index contributed by atoms with van der Waals surface area (Å²) < 4.78 is 13.1. The Bertz CT molecular complexity index is 685. The van der Waals surface area contributed by atoms with E-state index >= 15 is 0 Å². The summed E-state index contributed by atoms with van der Waals surface area (Å²) in [5.41, 5.74) is 2.37. The van der Waals surface area contributed by atoms with Crippen LogP contribution in [-0.2, 0) is 6.54 Å². The molecule has 2 N–H and O–H groups in total. The molecule has 1 fully saturated rings. The Morgan fingerprint density at radius 3 is 2.72 bits per heavy atom. The predicted octanol–water partition coefficient (Wildman–Crippen LogP) is 2.49. The Morgan fingerprint density at radius 2 is 2.00 bits per heavy atom. The van der Waals surface area contributed by atoms with Gasteiger partial charge in [-0.05, 0) is 64.2 Å². The molecule has 5 nitrogen and oxygen atoms in total. The predicted molar refractivity (Wildman–Crippen MR) is 96.6 cm³/mol. The van der Waals surface area contributed by atoms with Crippen LogP contribution in [0.2, 0.25) is 0 Å². The van der Waals surface area contributed by atoms with Crippen LogP contribution >= 0.6 is 0 Å². The van der Waals surface area contributed by atoms with Crippen molar-refractivity contribution in [3.8, 4) is 11.3 Å². The lowest BCUT2D eigenvalue weighted by molar-refractivity contribution is 0.00258. The van der Waals surface area contributed by atoms with Crippen LogP contribution in [0.15, 0.2) is 30.5 Å². The van der Waals surface area contributed by atoms with E-state index in [1.807, 2.05) is 20.3 Å². The maximum Gasteiger partial charge on any atom is 0.123 e. The lowest BCUT2D eigenvalue weighted by atomic mass is 9.94. The van der Waals surface area contributed by atoms with E-state index in [0.717, 1.165) is 55.7 Å². The first kappa shape index (κ1) is 18.0. The molecule has 0 radical (unpaired) electrons.